The molecule has 3 aromatic carbocycles. The number of aliphatic hydroxyl groups excluding tert-OH is 1. The highest BCUT2D eigenvalue weighted by Crippen LogP contribution is 2.43. The van der Waals surface area contributed by atoms with E-state index in [0.717, 1.165) is 119 Å². The number of fused-ring (bicyclic) bond motifs is 2. The molecule has 91 heavy (non-hydrogen) atoms. The van der Waals surface area contributed by atoms with Crippen LogP contribution < -0.4 is 20.9 Å². The molecule has 1 aliphatic carbocycles. The van der Waals surface area contributed by atoms with Crippen molar-refractivity contribution in [2.75, 3.05) is 56.0 Å². The molecule has 0 radical (unpaired) electrons. The Hall–Kier alpha value is -7.92. The molecule has 0 unspecified atom stereocenters. The molecule has 22 heteroatoms. The van der Waals surface area contributed by atoms with Gasteiger partial charge >= 0.3 is 5.97 Å². The van der Waals surface area contributed by atoms with E-state index >= 15 is 0 Å². The molecular formula is C69H84N12O8S2. The van der Waals surface area contributed by atoms with Crippen LogP contribution in [0.15, 0.2) is 90.6 Å². The summed E-state index contributed by atoms with van der Waals surface area (Å²) >= 11 is 3.00. The molecule has 5 amide bonds. The summed E-state index contributed by atoms with van der Waals surface area (Å²) in [7, 11) is 0. The molecule has 11 rings (SSSR count). The van der Waals surface area contributed by atoms with E-state index in [1.807, 2.05) is 136 Å². The van der Waals surface area contributed by atoms with Crippen molar-refractivity contribution < 1.29 is 39.0 Å². The number of carbonyl (C=O) groups is 6. The van der Waals surface area contributed by atoms with Crippen molar-refractivity contribution >= 4 is 79.3 Å². The number of amides is 5. The van der Waals surface area contributed by atoms with Gasteiger partial charge in [-0.1, -0.05) is 99.9 Å². The molecule has 0 bridgehead atoms. The number of likely N-dealkylation sites (tertiary alicyclic amines) is 1. The van der Waals surface area contributed by atoms with Crippen LogP contribution in [0.4, 0.5) is 10.9 Å². The molecule has 4 aromatic heterocycles. The fraction of sp³-hybridized carbons (Fsp3) is 0.478. The minimum Gasteiger partial charge on any atom is -0.476 e. The number of carboxylic acid groups (broad SMARTS) is 1. The summed E-state index contributed by atoms with van der Waals surface area (Å²) < 4.78 is 3.05. The number of aromatic carboxylic acids is 1. The second kappa shape index (κ2) is 27.9. The third-order valence-corrected chi connectivity index (χ3v) is 20.9. The summed E-state index contributed by atoms with van der Waals surface area (Å²) in [4.78, 5) is 105. The SMILES string of the molecule is Cc1ncsc1-c1ccc([C@H](C)NC(=O)[C@@H]2C[C@@H](O)CN2C(=O)[C@@H](NC(=O)CCCC(=O)N2CCN(CCCC3(Cn4ncc(-c5ccc(N6CCc7cccc(C(=O)Nc8nc9ccccc9s8)c7C6)nc5C(=O)O)c4C)CCCCC3)CC2)C(C)(C)C)cc1. The second-order valence-electron chi connectivity index (χ2n) is 26.3. The standard InChI is InChI=1S/C69H84N12O8S2/c1-43(46-21-23-48(24-22-46)61-44(2)70-42-90-61)72-64(86)55-37-49(82)39-80(55)65(87)62(68(4,5)6)75-58(83)19-13-20-59(84)78-35-33-77(34-36-78)31-14-30-69(28-10-7-11-29-69)41-81-45(3)52(38-71-81)50-25-26-57(74-60(50)66(88)89)79-32-27-47-15-12-16-51(53(47)40-79)63(85)76-67-73-54-17-8-9-18-56(54)91-67/h8-9,12,15-18,21-26,38,42-43,49,55,62,82H,7,10-11,13-14,19-20,27-37,39-41H2,1-6H3,(H,72,86)(H,75,83)(H,88,89)(H,73,76,85)/t43-,49+,55-,62+/m0/s1. The number of aliphatic hydroxyl groups is 1. The molecule has 1 saturated carbocycles. The van der Waals surface area contributed by atoms with Gasteiger partial charge in [0.05, 0.1) is 44.6 Å². The first kappa shape index (κ1) is 64.6. The van der Waals surface area contributed by atoms with Gasteiger partial charge in [0.1, 0.15) is 17.9 Å². The first-order chi connectivity index (χ1) is 43.7. The number of pyridine rings is 1. The predicted molar refractivity (Wildman–Crippen MR) is 354 cm³/mol. The van der Waals surface area contributed by atoms with Gasteiger partial charge in [0.15, 0.2) is 10.8 Å². The molecule has 3 fully saturated rings. The molecule has 2 saturated heterocycles. The number of carbonyl (C=O) groups excluding carboxylic acids is 5. The smallest absolute Gasteiger partial charge is 0.355 e. The summed E-state index contributed by atoms with van der Waals surface area (Å²) in [6, 6.07) is 22.9. The van der Waals surface area contributed by atoms with Gasteiger partial charge in [-0.25, -0.2) is 19.7 Å². The number of nitrogens with one attached hydrogen (secondary N) is 3. The number of anilines is 2. The Morgan fingerprint density at radius 1 is 0.835 bits per heavy atom. The van der Waals surface area contributed by atoms with Gasteiger partial charge in [-0.2, -0.15) is 5.10 Å². The third-order valence-electron chi connectivity index (χ3n) is 19.0. The highest BCUT2D eigenvalue weighted by Gasteiger charge is 2.45. The fourth-order valence-corrected chi connectivity index (χ4v) is 15.4. The molecule has 0 spiro atoms. The normalized spacial score (nSPS) is 18.4. The average molecular weight is 1270 g/mol. The Bertz CT molecular complexity index is 3770. The minimum absolute atomic E-state index is 0.0000833. The van der Waals surface area contributed by atoms with Crippen molar-refractivity contribution in [3.05, 3.63) is 130 Å². The van der Waals surface area contributed by atoms with E-state index in [1.165, 1.54) is 22.7 Å². The Kier molecular flexibility index (Phi) is 19.8. The third kappa shape index (κ3) is 14.9. The molecule has 4 aliphatic rings. The highest BCUT2D eigenvalue weighted by molar-refractivity contribution is 7.22. The number of thiazole rings is 2. The number of para-hydroxylation sites is 1. The van der Waals surface area contributed by atoms with E-state index in [-0.39, 0.29) is 66.6 Å². The van der Waals surface area contributed by atoms with E-state index in [0.29, 0.717) is 61.1 Å². The van der Waals surface area contributed by atoms with Crippen LogP contribution in [0.2, 0.25) is 0 Å². The van der Waals surface area contributed by atoms with Crippen molar-refractivity contribution in [3.63, 3.8) is 0 Å². The monoisotopic (exact) mass is 1270 g/mol. The van der Waals surface area contributed by atoms with E-state index in [1.54, 1.807) is 17.5 Å². The van der Waals surface area contributed by atoms with Crippen LogP contribution in [0.1, 0.15) is 153 Å². The Morgan fingerprint density at radius 2 is 1.60 bits per heavy atom. The van der Waals surface area contributed by atoms with Crippen LogP contribution in [0, 0.1) is 24.7 Å². The Balaban J connectivity index is 0.637. The maximum Gasteiger partial charge on any atom is 0.355 e. The van der Waals surface area contributed by atoms with Crippen molar-refractivity contribution in [1.29, 1.82) is 0 Å². The number of carboxylic acids is 1. The Labute approximate surface area is 539 Å². The van der Waals surface area contributed by atoms with E-state index in [4.69, 9.17) is 10.1 Å². The van der Waals surface area contributed by atoms with Crippen molar-refractivity contribution in [1.82, 2.24) is 50.1 Å². The van der Waals surface area contributed by atoms with Crippen LogP contribution in [0.3, 0.4) is 0 Å². The largest absolute Gasteiger partial charge is 0.476 e. The van der Waals surface area contributed by atoms with Gasteiger partial charge in [-0.05, 0) is 129 Å². The number of hydrogen-bond donors (Lipinski definition) is 5. The summed E-state index contributed by atoms with van der Waals surface area (Å²) in [5.74, 6) is -2.00. The fourth-order valence-electron chi connectivity index (χ4n) is 13.8. The van der Waals surface area contributed by atoms with E-state index < -0.39 is 35.5 Å². The summed E-state index contributed by atoms with van der Waals surface area (Å²) in [5.41, 5.74) is 9.46. The predicted octanol–water partition coefficient (Wildman–Crippen LogP) is 10.2. The first-order valence-electron chi connectivity index (χ1n) is 32.1. The minimum atomic E-state index is -1.13. The lowest BCUT2D eigenvalue weighted by Gasteiger charge is -2.39. The topological polar surface area (TPSA) is 248 Å². The highest BCUT2D eigenvalue weighted by atomic mass is 32.1. The number of aryl methyl sites for hydroxylation is 1. The number of piperazine rings is 1. The molecular weight excluding hydrogens is 1190 g/mol. The van der Waals surface area contributed by atoms with Gasteiger partial charge in [-0.3, -0.25) is 38.9 Å². The lowest BCUT2D eigenvalue weighted by molar-refractivity contribution is -0.144. The molecule has 480 valence electrons. The summed E-state index contributed by atoms with van der Waals surface area (Å²) in [6.45, 7) is 16.8. The van der Waals surface area contributed by atoms with Gasteiger partial charge in [0.2, 0.25) is 23.6 Å². The first-order valence-corrected chi connectivity index (χ1v) is 33.8. The maximum absolute atomic E-state index is 14.3. The van der Waals surface area contributed by atoms with Crippen molar-refractivity contribution in [3.8, 4) is 21.6 Å². The van der Waals surface area contributed by atoms with E-state index in [9.17, 15) is 39.0 Å². The number of benzene rings is 3. The second-order valence-corrected chi connectivity index (χ2v) is 28.2. The van der Waals surface area contributed by atoms with Crippen LogP contribution in [-0.2, 0) is 38.7 Å². The summed E-state index contributed by atoms with van der Waals surface area (Å²) in [5, 5.41) is 35.8. The van der Waals surface area contributed by atoms with Gasteiger partial charge in [0, 0.05) is 94.0 Å². The van der Waals surface area contributed by atoms with Crippen LogP contribution in [0.25, 0.3) is 31.8 Å². The molecule has 7 heterocycles. The summed E-state index contributed by atoms with van der Waals surface area (Å²) in [6.07, 6.45) is 9.89. The van der Waals surface area contributed by atoms with Gasteiger partial charge in [-0.15, -0.1) is 11.3 Å². The quantitative estimate of drug-likeness (QED) is 0.0449. The number of aromatic nitrogens is 5. The van der Waals surface area contributed by atoms with Crippen molar-refractivity contribution in [2.45, 2.75) is 156 Å². The number of rotatable bonds is 21. The maximum atomic E-state index is 14.3. The molecule has 3 aliphatic heterocycles. The zero-order valence-corrected chi connectivity index (χ0v) is 54.6. The molecule has 5 N–H and O–H groups in total. The molecule has 4 atom stereocenters. The number of hydrogen-bond acceptors (Lipinski definition) is 15. The number of nitrogens with zero attached hydrogens (tertiary/aromatic N) is 9. The molecule has 20 nitrogen and oxygen atoms in total. The zero-order valence-electron chi connectivity index (χ0n) is 53.0. The van der Waals surface area contributed by atoms with Crippen molar-refractivity contribution in [2.24, 2.45) is 10.8 Å². The van der Waals surface area contributed by atoms with E-state index in [2.05, 4.69) is 35.5 Å². The van der Waals surface area contributed by atoms with Gasteiger partial charge < -0.3 is 35.5 Å². The average Bonchev–Trinajstić information content (AvgIpc) is 1.80. The van der Waals surface area contributed by atoms with Crippen LogP contribution in [0.5, 0.6) is 0 Å². The molecule has 7 aromatic rings. The Morgan fingerprint density at radius 3 is 2.33 bits per heavy atom. The van der Waals surface area contributed by atoms with Crippen LogP contribution >= 0.6 is 22.7 Å². The number of β-amino-alcohol motifs (C(OH)–C–C–N with tert-alkyl or cyclic N) is 1. The lowest BCUT2D eigenvalue weighted by atomic mass is 9.71. The lowest BCUT2D eigenvalue weighted by Crippen LogP contribution is -2.57. The van der Waals surface area contributed by atoms with Crippen LogP contribution in [-0.4, -0.2) is 149 Å². The van der Waals surface area contributed by atoms with Gasteiger partial charge in [0.25, 0.3) is 5.91 Å². The zero-order chi connectivity index (χ0) is 64.1.